The topological polar surface area (TPSA) is 77.7 Å². The first-order valence-corrected chi connectivity index (χ1v) is 8.08. The van der Waals surface area contributed by atoms with Crippen molar-refractivity contribution in [1.29, 1.82) is 0 Å². The molecule has 7 nitrogen and oxygen atoms in total. The van der Waals surface area contributed by atoms with Crippen LogP contribution in [-0.4, -0.2) is 52.3 Å². The average molecular weight is 329 g/mol. The number of carbonyl (C=O) groups excluding carboxylic acids is 1. The lowest BCUT2D eigenvalue weighted by atomic mass is 9.84. The summed E-state index contributed by atoms with van der Waals surface area (Å²) < 4.78 is 16.9. The van der Waals surface area contributed by atoms with Gasteiger partial charge in [-0.3, -0.25) is 4.79 Å². The molecule has 2 aliphatic heterocycles. The first-order valence-electron chi connectivity index (χ1n) is 8.08. The van der Waals surface area contributed by atoms with Crippen LogP contribution in [0.3, 0.4) is 0 Å². The second kappa shape index (κ2) is 5.90. The minimum Gasteiger partial charge on any atom is -0.474 e. The van der Waals surface area contributed by atoms with Gasteiger partial charge in [-0.1, -0.05) is 11.2 Å². The number of amides is 1. The van der Waals surface area contributed by atoms with Crippen LogP contribution in [0.5, 0.6) is 5.88 Å². The molecule has 0 saturated carbocycles. The predicted octanol–water partition coefficient (Wildman–Crippen LogP) is 1.83. The van der Waals surface area contributed by atoms with Gasteiger partial charge in [0, 0.05) is 31.2 Å². The van der Waals surface area contributed by atoms with Crippen LogP contribution in [0.1, 0.15) is 29.1 Å². The molecule has 4 heterocycles. The summed E-state index contributed by atoms with van der Waals surface area (Å²) >= 11 is 0. The number of ether oxygens (including phenoxy) is 2. The van der Waals surface area contributed by atoms with E-state index in [2.05, 4.69) is 10.1 Å². The molecule has 0 N–H and O–H groups in total. The molecule has 126 valence electrons. The SMILES string of the molecule is Cc1cc(C(=O)N2CC3(CC(Oc4ccccn4)CCO3)C2)on1. The lowest BCUT2D eigenvalue weighted by molar-refractivity contribution is -0.174. The number of aromatic nitrogens is 2. The van der Waals surface area contributed by atoms with E-state index in [1.54, 1.807) is 24.1 Å². The highest BCUT2D eigenvalue weighted by atomic mass is 16.5. The Balaban J connectivity index is 1.36. The molecule has 2 aliphatic rings. The van der Waals surface area contributed by atoms with Crippen molar-refractivity contribution in [3.8, 4) is 5.88 Å². The number of pyridine rings is 1. The van der Waals surface area contributed by atoms with Crippen molar-refractivity contribution in [2.45, 2.75) is 31.5 Å². The summed E-state index contributed by atoms with van der Waals surface area (Å²) in [5.74, 6) is 0.765. The van der Waals surface area contributed by atoms with Crippen molar-refractivity contribution in [1.82, 2.24) is 15.0 Å². The number of carbonyl (C=O) groups is 1. The van der Waals surface area contributed by atoms with Gasteiger partial charge in [0.15, 0.2) is 0 Å². The van der Waals surface area contributed by atoms with Gasteiger partial charge in [0.25, 0.3) is 5.91 Å². The molecule has 0 bridgehead atoms. The third-order valence-corrected chi connectivity index (χ3v) is 4.46. The summed E-state index contributed by atoms with van der Waals surface area (Å²) in [6.07, 6.45) is 3.35. The lowest BCUT2D eigenvalue weighted by Gasteiger charge is -2.52. The lowest BCUT2D eigenvalue weighted by Crippen LogP contribution is -2.67. The van der Waals surface area contributed by atoms with Gasteiger partial charge in [0.1, 0.15) is 11.7 Å². The van der Waals surface area contributed by atoms with Gasteiger partial charge in [0.2, 0.25) is 11.6 Å². The monoisotopic (exact) mass is 329 g/mol. The van der Waals surface area contributed by atoms with E-state index in [0.29, 0.717) is 31.3 Å². The average Bonchev–Trinajstić information content (AvgIpc) is 3.00. The van der Waals surface area contributed by atoms with E-state index in [4.69, 9.17) is 14.0 Å². The van der Waals surface area contributed by atoms with Crippen LogP contribution in [0.25, 0.3) is 0 Å². The molecule has 2 fully saturated rings. The molecule has 7 heteroatoms. The maximum atomic E-state index is 12.3. The van der Waals surface area contributed by atoms with Crippen LogP contribution >= 0.6 is 0 Å². The van der Waals surface area contributed by atoms with Crippen LogP contribution in [0.15, 0.2) is 35.0 Å². The summed E-state index contributed by atoms with van der Waals surface area (Å²) in [5.41, 5.74) is 0.383. The highest BCUT2D eigenvalue weighted by Crippen LogP contribution is 2.36. The van der Waals surface area contributed by atoms with Crippen LogP contribution in [-0.2, 0) is 4.74 Å². The Morgan fingerprint density at radius 1 is 1.42 bits per heavy atom. The van der Waals surface area contributed by atoms with E-state index in [1.807, 2.05) is 18.2 Å². The standard InChI is InChI=1S/C17H19N3O4/c1-12-8-14(24-19-12)16(21)20-10-17(11-20)9-13(5-7-22-17)23-15-4-2-3-6-18-15/h2-4,6,8,13H,5,7,9-11H2,1H3. The van der Waals surface area contributed by atoms with E-state index in [-0.39, 0.29) is 23.4 Å². The van der Waals surface area contributed by atoms with E-state index in [0.717, 1.165) is 12.8 Å². The van der Waals surface area contributed by atoms with Gasteiger partial charge in [0.05, 0.1) is 25.4 Å². The van der Waals surface area contributed by atoms with Gasteiger partial charge in [-0.15, -0.1) is 0 Å². The number of likely N-dealkylation sites (tertiary alicyclic amines) is 1. The Hall–Kier alpha value is -2.41. The van der Waals surface area contributed by atoms with Gasteiger partial charge in [-0.05, 0) is 13.0 Å². The van der Waals surface area contributed by atoms with E-state index >= 15 is 0 Å². The molecule has 2 aromatic heterocycles. The molecule has 0 aliphatic carbocycles. The highest BCUT2D eigenvalue weighted by Gasteiger charge is 2.50. The summed E-state index contributed by atoms with van der Waals surface area (Å²) in [6, 6.07) is 7.27. The molecule has 24 heavy (non-hydrogen) atoms. The molecule has 0 radical (unpaired) electrons. The van der Waals surface area contributed by atoms with Crippen molar-refractivity contribution >= 4 is 5.91 Å². The Bertz CT molecular complexity index is 724. The maximum Gasteiger partial charge on any atom is 0.292 e. The summed E-state index contributed by atoms with van der Waals surface area (Å²) in [5, 5.41) is 3.76. The van der Waals surface area contributed by atoms with Crippen molar-refractivity contribution in [3.05, 3.63) is 41.9 Å². The summed E-state index contributed by atoms with van der Waals surface area (Å²) in [4.78, 5) is 18.3. The fourth-order valence-electron chi connectivity index (χ4n) is 3.30. The van der Waals surface area contributed by atoms with E-state index in [9.17, 15) is 4.79 Å². The van der Waals surface area contributed by atoms with Crippen LogP contribution in [0, 0.1) is 6.92 Å². The predicted molar refractivity (Wildman–Crippen MR) is 83.7 cm³/mol. The molecule has 1 unspecified atom stereocenters. The maximum absolute atomic E-state index is 12.3. The van der Waals surface area contributed by atoms with Gasteiger partial charge in [-0.25, -0.2) is 4.98 Å². The Morgan fingerprint density at radius 3 is 3.00 bits per heavy atom. The Kier molecular flexibility index (Phi) is 3.72. The molecule has 1 atom stereocenters. The zero-order valence-electron chi connectivity index (χ0n) is 13.5. The Morgan fingerprint density at radius 2 is 2.29 bits per heavy atom. The molecule has 1 spiro atoms. The first-order chi connectivity index (χ1) is 11.6. The number of hydrogen-bond donors (Lipinski definition) is 0. The molecule has 0 aromatic carbocycles. The number of rotatable bonds is 3. The van der Waals surface area contributed by atoms with Crippen LogP contribution in [0.2, 0.25) is 0 Å². The molecule has 2 aromatic rings. The Labute approximate surface area is 139 Å². The first kappa shape index (κ1) is 15.1. The smallest absolute Gasteiger partial charge is 0.292 e. The van der Waals surface area contributed by atoms with Crippen molar-refractivity contribution in [3.63, 3.8) is 0 Å². The van der Waals surface area contributed by atoms with E-state index < -0.39 is 0 Å². The fourth-order valence-corrected chi connectivity index (χ4v) is 3.30. The molecule has 4 rings (SSSR count). The molecule has 2 saturated heterocycles. The quantitative estimate of drug-likeness (QED) is 0.855. The second-order valence-electron chi connectivity index (χ2n) is 6.43. The van der Waals surface area contributed by atoms with Crippen molar-refractivity contribution in [2.24, 2.45) is 0 Å². The minimum atomic E-state index is -0.317. The highest BCUT2D eigenvalue weighted by molar-refractivity contribution is 5.92. The zero-order valence-corrected chi connectivity index (χ0v) is 13.5. The third-order valence-electron chi connectivity index (χ3n) is 4.46. The molecular weight excluding hydrogens is 310 g/mol. The normalized spacial score (nSPS) is 22.2. The van der Waals surface area contributed by atoms with Crippen LogP contribution < -0.4 is 4.74 Å². The third kappa shape index (κ3) is 2.87. The van der Waals surface area contributed by atoms with Gasteiger partial charge >= 0.3 is 0 Å². The summed E-state index contributed by atoms with van der Waals surface area (Å²) in [7, 11) is 0. The molecule has 1 amide bonds. The van der Waals surface area contributed by atoms with Crippen molar-refractivity contribution in [2.75, 3.05) is 19.7 Å². The molecular formula is C17H19N3O4. The van der Waals surface area contributed by atoms with Gasteiger partial charge in [-0.2, -0.15) is 0 Å². The number of aryl methyl sites for hydroxylation is 1. The zero-order chi connectivity index (χ0) is 16.6. The van der Waals surface area contributed by atoms with Gasteiger partial charge < -0.3 is 18.9 Å². The van der Waals surface area contributed by atoms with Crippen LogP contribution in [0.4, 0.5) is 0 Å². The summed E-state index contributed by atoms with van der Waals surface area (Å²) in [6.45, 7) is 3.52. The second-order valence-corrected chi connectivity index (χ2v) is 6.43. The van der Waals surface area contributed by atoms with E-state index in [1.165, 1.54) is 0 Å². The number of nitrogens with zero attached hydrogens (tertiary/aromatic N) is 3. The largest absolute Gasteiger partial charge is 0.474 e. The number of hydrogen-bond acceptors (Lipinski definition) is 6. The minimum absolute atomic E-state index is 0.0541. The fraction of sp³-hybridized carbons (Fsp3) is 0.471. The van der Waals surface area contributed by atoms with Crippen molar-refractivity contribution < 1.29 is 18.8 Å².